The highest BCUT2D eigenvalue weighted by Gasteiger charge is 2.13. The third kappa shape index (κ3) is 4.28. The van der Waals surface area contributed by atoms with Gasteiger partial charge in [0.2, 0.25) is 0 Å². The Balaban J connectivity index is 1.76. The topological polar surface area (TPSA) is 75.0 Å². The van der Waals surface area contributed by atoms with Crippen LogP contribution in [0.3, 0.4) is 0 Å². The summed E-state index contributed by atoms with van der Waals surface area (Å²) in [6.07, 6.45) is 0.663. The maximum atomic E-state index is 12.2. The summed E-state index contributed by atoms with van der Waals surface area (Å²) < 4.78 is 21.2. The molecule has 0 bridgehead atoms. The number of hydrogen-bond donors (Lipinski definition) is 0. The molecular formula is C21H20O6. The molecule has 2 aromatic carbocycles. The van der Waals surface area contributed by atoms with Gasteiger partial charge in [-0.2, -0.15) is 0 Å². The lowest BCUT2D eigenvalue weighted by Gasteiger charge is -2.12. The molecule has 0 aliphatic carbocycles. The molecule has 0 aliphatic heterocycles. The van der Waals surface area contributed by atoms with Gasteiger partial charge >= 0.3 is 11.6 Å². The van der Waals surface area contributed by atoms with Gasteiger partial charge in [0.25, 0.3) is 0 Å². The van der Waals surface area contributed by atoms with Crippen LogP contribution in [-0.4, -0.2) is 19.7 Å². The van der Waals surface area contributed by atoms with E-state index in [4.69, 9.17) is 18.6 Å². The fourth-order valence-electron chi connectivity index (χ4n) is 2.73. The van der Waals surface area contributed by atoms with E-state index in [9.17, 15) is 9.59 Å². The summed E-state index contributed by atoms with van der Waals surface area (Å²) in [6, 6.07) is 11.8. The van der Waals surface area contributed by atoms with Crippen molar-refractivity contribution in [2.75, 3.05) is 13.7 Å². The summed E-state index contributed by atoms with van der Waals surface area (Å²) >= 11 is 0. The first-order valence-corrected chi connectivity index (χ1v) is 8.55. The first kappa shape index (κ1) is 18.5. The molecule has 0 fully saturated rings. The number of methoxy groups -OCH3 is 1. The molecule has 0 aliphatic rings. The smallest absolute Gasteiger partial charge is 0.349 e. The number of hydrogen-bond acceptors (Lipinski definition) is 6. The molecule has 0 amide bonds. The van der Waals surface area contributed by atoms with Crippen molar-refractivity contribution in [2.45, 2.75) is 20.3 Å². The third-order valence-corrected chi connectivity index (χ3v) is 4.15. The number of carbonyl (C=O) groups is 1. The quantitative estimate of drug-likeness (QED) is 0.376. The van der Waals surface area contributed by atoms with Crippen molar-refractivity contribution in [3.63, 3.8) is 0 Å². The molecule has 140 valence electrons. The Hall–Kier alpha value is -3.28. The molecule has 0 radical (unpaired) electrons. The lowest BCUT2D eigenvalue weighted by molar-refractivity contribution is -0.136. The minimum Gasteiger partial charge on any atom is -0.497 e. The number of carbonyl (C=O) groups excluding carboxylic acids is 1. The fraction of sp³-hybridized carbons (Fsp3) is 0.238. The number of esters is 1. The molecule has 6 nitrogen and oxygen atoms in total. The zero-order valence-electron chi connectivity index (χ0n) is 15.4. The molecule has 1 aromatic heterocycles. The number of ether oxygens (including phenoxy) is 3. The van der Waals surface area contributed by atoms with Crippen LogP contribution >= 0.6 is 0 Å². The van der Waals surface area contributed by atoms with Crippen LogP contribution in [0, 0.1) is 6.92 Å². The molecule has 6 heteroatoms. The van der Waals surface area contributed by atoms with Gasteiger partial charge in [-0.1, -0.05) is 6.92 Å². The second kappa shape index (κ2) is 7.95. The van der Waals surface area contributed by atoms with E-state index in [-0.39, 0.29) is 6.61 Å². The average Bonchev–Trinajstić information content (AvgIpc) is 2.66. The van der Waals surface area contributed by atoms with Crippen LogP contribution in [0.4, 0.5) is 0 Å². The van der Waals surface area contributed by atoms with E-state index in [2.05, 4.69) is 0 Å². The molecular weight excluding hydrogens is 348 g/mol. The normalized spacial score (nSPS) is 10.6. The van der Waals surface area contributed by atoms with Gasteiger partial charge in [-0.25, -0.2) is 9.59 Å². The third-order valence-electron chi connectivity index (χ3n) is 4.15. The van der Waals surface area contributed by atoms with E-state index in [1.54, 1.807) is 37.4 Å². The zero-order chi connectivity index (χ0) is 19.4. The Morgan fingerprint density at radius 2 is 1.78 bits per heavy atom. The highest BCUT2D eigenvalue weighted by Crippen LogP contribution is 2.28. The number of rotatable bonds is 6. The van der Waals surface area contributed by atoms with Crippen LogP contribution in [0.2, 0.25) is 0 Å². The Kier molecular flexibility index (Phi) is 5.45. The predicted molar refractivity (Wildman–Crippen MR) is 101 cm³/mol. The molecule has 27 heavy (non-hydrogen) atoms. The summed E-state index contributed by atoms with van der Waals surface area (Å²) in [7, 11) is 1.58. The van der Waals surface area contributed by atoms with Crippen LogP contribution < -0.4 is 19.8 Å². The second-order valence-corrected chi connectivity index (χ2v) is 6.00. The van der Waals surface area contributed by atoms with E-state index in [1.807, 2.05) is 19.9 Å². The molecule has 3 aromatic rings. The van der Waals surface area contributed by atoms with Crippen LogP contribution in [0.5, 0.6) is 17.2 Å². The molecule has 0 unspecified atom stereocenters. The van der Waals surface area contributed by atoms with Crippen molar-refractivity contribution >= 4 is 16.9 Å². The molecule has 0 spiro atoms. The lowest BCUT2D eigenvalue weighted by Crippen LogP contribution is -2.18. The molecule has 1 heterocycles. The SMILES string of the molecule is CCc1cc2c(C)cc(=O)oc2cc1OC(=O)COc1ccc(OC)cc1. The van der Waals surface area contributed by atoms with Crippen molar-refractivity contribution in [1.82, 2.24) is 0 Å². The van der Waals surface area contributed by atoms with Crippen molar-refractivity contribution in [1.29, 1.82) is 0 Å². The van der Waals surface area contributed by atoms with E-state index >= 15 is 0 Å². The predicted octanol–water partition coefficient (Wildman–Crippen LogP) is 3.66. The Morgan fingerprint density at radius 3 is 2.44 bits per heavy atom. The molecule has 0 saturated carbocycles. The van der Waals surface area contributed by atoms with E-state index in [0.717, 1.165) is 16.5 Å². The summed E-state index contributed by atoms with van der Waals surface area (Å²) in [5.74, 6) is 1.05. The molecule has 0 N–H and O–H groups in total. The Bertz CT molecular complexity index is 1020. The summed E-state index contributed by atoms with van der Waals surface area (Å²) in [5, 5.41) is 0.820. The van der Waals surface area contributed by atoms with Gasteiger partial charge in [-0.05, 0) is 54.8 Å². The van der Waals surface area contributed by atoms with Crippen molar-refractivity contribution < 1.29 is 23.4 Å². The van der Waals surface area contributed by atoms with Crippen molar-refractivity contribution in [3.05, 3.63) is 64.0 Å². The van der Waals surface area contributed by atoms with Gasteiger partial charge in [0.05, 0.1) is 7.11 Å². The van der Waals surface area contributed by atoms with Crippen molar-refractivity contribution in [3.8, 4) is 17.2 Å². The summed E-state index contributed by atoms with van der Waals surface area (Å²) in [5.41, 5.74) is 1.61. The first-order valence-electron chi connectivity index (χ1n) is 8.55. The van der Waals surface area contributed by atoms with Crippen LogP contribution in [0.1, 0.15) is 18.1 Å². The first-order chi connectivity index (χ1) is 13.0. The van der Waals surface area contributed by atoms with Gasteiger partial charge in [0.1, 0.15) is 22.8 Å². The monoisotopic (exact) mass is 368 g/mol. The zero-order valence-corrected chi connectivity index (χ0v) is 15.4. The van der Waals surface area contributed by atoms with Gasteiger partial charge in [0, 0.05) is 17.5 Å². The fourth-order valence-corrected chi connectivity index (χ4v) is 2.73. The second-order valence-electron chi connectivity index (χ2n) is 6.00. The van der Waals surface area contributed by atoms with Crippen molar-refractivity contribution in [2.24, 2.45) is 0 Å². The van der Waals surface area contributed by atoms with Gasteiger partial charge in [0.15, 0.2) is 6.61 Å². The number of aryl methyl sites for hydroxylation is 2. The van der Waals surface area contributed by atoms with Crippen LogP contribution in [0.15, 0.2) is 51.7 Å². The van der Waals surface area contributed by atoms with E-state index in [0.29, 0.717) is 29.3 Å². The largest absolute Gasteiger partial charge is 0.497 e. The minimum atomic E-state index is -0.546. The van der Waals surface area contributed by atoms with E-state index in [1.165, 1.54) is 6.07 Å². The highest BCUT2D eigenvalue weighted by molar-refractivity contribution is 5.84. The summed E-state index contributed by atoms with van der Waals surface area (Å²) in [4.78, 5) is 23.8. The molecule has 0 atom stereocenters. The minimum absolute atomic E-state index is 0.245. The highest BCUT2D eigenvalue weighted by atomic mass is 16.6. The van der Waals surface area contributed by atoms with Gasteiger partial charge in [-0.3, -0.25) is 0 Å². The number of fused-ring (bicyclic) bond motifs is 1. The average molecular weight is 368 g/mol. The molecule has 0 saturated heterocycles. The number of benzene rings is 2. The van der Waals surface area contributed by atoms with Crippen LogP contribution in [0.25, 0.3) is 11.0 Å². The maximum Gasteiger partial charge on any atom is 0.349 e. The Labute approximate surface area is 156 Å². The standard InChI is InChI=1S/C21H20O6/c1-4-14-10-17-13(2)9-20(22)27-19(17)11-18(14)26-21(23)12-25-16-7-5-15(24-3)6-8-16/h5-11H,4,12H2,1-3H3. The maximum absolute atomic E-state index is 12.2. The lowest BCUT2D eigenvalue weighted by atomic mass is 10.1. The molecule has 3 rings (SSSR count). The van der Waals surface area contributed by atoms with E-state index < -0.39 is 11.6 Å². The van der Waals surface area contributed by atoms with Gasteiger partial charge in [-0.15, -0.1) is 0 Å². The van der Waals surface area contributed by atoms with Gasteiger partial charge < -0.3 is 18.6 Å². The summed E-state index contributed by atoms with van der Waals surface area (Å²) in [6.45, 7) is 3.55. The Morgan fingerprint density at radius 1 is 1.07 bits per heavy atom. The van der Waals surface area contributed by atoms with Crippen LogP contribution in [-0.2, 0) is 11.2 Å².